The predicted octanol–water partition coefficient (Wildman–Crippen LogP) is 8.04. The zero-order valence-electron chi connectivity index (χ0n) is 31.9. The number of amides is 2. The summed E-state index contributed by atoms with van der Waals surface area (Å²) in [5, 5.41) is 14.6. The number of aliphatic carboxylic acids is 1. The normalized spacial score (nSPS) is 12.2. The second-order valence-corrected chi connectivity index (χ2v) is 12.8. The lowest BCUT2D eigenvalue weighted by Gasteiger charge is -2.22. The van der Waals surface area contributed by atoms with E-state index in [9.17, 15) is 68.2 Å². The summed E-state index contributed by atoms with van der Waals surface area (Å²) >= 11 is 0. The molecule has 63 heavy (non-hydrogen) atoms. The smallest absolute Gasteiger partial charge is 0.471 e. The lowest BCUT2D eigenvalue weighted by Crippen LogP contribution is -2.53. The van der Waals surface area contributed by atoms with Crippen molar-refractivity contribution in [2.45, 2.75) is 43.9 Å². The van der Waals surface area contributed by atoms with Gasteiger partial charge in [0, 0.05) is 6.42 Å². The Kier molecular flexibility index (Phi) is 17.0. The van der Waals surface area contributed by atoms with Gasteiger partial charge in [-0.05, 0) is 41.0 Å². The van der Waals surface area contributed by atoms with Crippen LogP contribution in [0.1, 0.15) is 16.7 Å². The molecule has 0 aromatic heterocycles. The Bertz CT molecular complexity index is 2270. The minimum absolute atomic E-state index is 0.0391. The molecule has 0 unspecified atom stereocenters. The molecule has 5 aromatic rings. The standard InChI is InChI=1S/C27H28N2O6.C15H4F10O3/c30-25(28-24(26(31)32)19-34-17-21-12-6-2-7-13-21)23(16-20-10-4-1-5-11-20)29-27(33)35-18-22-14-8-3-9-15-22;16-5-1-3-7(11(20)9(5)18)27-14(22,23)13(26)15(24,25)28-8-4-2-6(17)10(19)12(8)21/h1-15,23-24H,16-19H2,(H,28,30)(H,29,33)(H,31,32);1-4H/t23-,24-;/m0./s1. The van der Waals surface area contributed by atoms with Crippen LogP contribution < -0.4 is 20.1 Å². The van der Waals surface area contributed by atoms with Crippen molar-refractivity contribution in [3.05, 3.63) is 167 Å². The van der Waals surface area contributed by atoms with Gasteiger partial charge in [-0.25, -0.2) is 27.2 Å². The van der Waals surface area contributed by atoms with E-state index in [1.807, 2.05) is 91.0 Å². The molecule has 2 atom stereocenters. The molecule has 0 fully saturated rings. The third-order valence-corrected chi connectivity index (χ3v) is 8.12. The molecular formula is C42H32F10N2O9. The quantitative estimate of drug-likeness (QED) is 0.0587. The van der Waals surface area contributed by atoms with E-state index in [0.717, 1.165) is 16.7 Å². The number of halogens is 10. The number of hydrogen-bond acceptors (Lipinski definition) is 8. The molecule has 21 heteroatoms. The lowest BCUT2D eigenvalue weighted by atomic mass is 10.1. The third kappa shape index (κ3) is 14.2. The van der Waals surface area contributed by atoms with Crippen LogP contribution in [0.25, 0.3) is 0 Å². The Labute approximate surface area is 350 Å². The molecule has 11 nitrogen and oxygen atoms in total. The minimum atomic E-state index is -5.59. The number of carboxylic acid groups (broad SMARTS) is 1. The van der Waals surface area contributed by atoms with Crippen LogP contribution in [0.2, 0.25) is 0 Å². The van der Waals surface area contributed by atoms with E-state index in [1.165, 1.54) is 0 Å². The SMILES string of the molecule is O=C(C(F)(F)Oc1ccc(F)c(F)c1F)C(F)(F)Oc1ccc(F)c(F)c1F.O=C(N[C@@H](Cc1ccccc1)C(=O)N[C@@H](COCc1ccccc1)C(=O)O)OCc1ccccc1. The molecule has 5 aromatic carbocycles. The van der Waals surface area contributed by atoms with E-state index < -0.39 is 94.5 Å². The molecule has 0 aliphatic carbocycles. The number of ether oxygens (including phenoxy) is 4. The zero-order chi connectivity index (χ0) is 46.3. The maximum Gasteiger partial charge on any atom is 0.471 e. The monoisotopic (exact) mass is 898 g/mol. The number of carbonyl (C=O) groups is 4. The van der Waals surface area contributed by atoms with Gasteiger partial charge in [-0.3, -0.25) is 9.59 Å². The van der Waals surface area contributed by atoms with E-state index in [4.69, 9.17) is 9.47 Å². The Balaban J connectivity index is 0.000000284. The van der Waals surface area contributed by atoms with E-state index in [-0.39, 0.29) is 50.5 Å². The first-order valence-electron chi connectivity index (χ1n) is 17.9. The Morgan fingerprint density at radius 3 is 1.41 bits per heavy atom. The third-order valence-electron chi connectivity index (χ3n) is 8.12. The molecule has 0 aliphatic rings. The molecule has 5 rings (SSSR count). The number of alkyl carbamates (subject to hydrolysis) is 1. The molecule has 2 amide bonds. The van der Waals surface area contributed by atoms with Crippen LogP contribution in [0, 0.1) is 34.9 Å². The van der Waals surface area contributed by atoms with E-state index in [2.05, 4.69) is 20.1 Å². The van der Waals surface area contributed by atoms with Gasteiger partial charge in [0.15, 0.2) is 40.8 Å². The van der Waals surface area contributed by atoms with Gasteiger partial charge < -0.3 is 34.7 Å². The molecule has 0 bridgehead atoms. The molecular weight excluding hydrogens is 866 g/mol. The highest BCUT2D eigenvalue weighted by atomic mass is 19.3. The highest BCUT2D eigenvalue weighted by Gasteiger charge is 2.60. The summed E-state index contributed by atoms with van der Waals surface area (Å²) < 4.78 is 150. The molecule has 3 N–H and O–H groups in total. The molecule has 0 aliphatic heterocycles. The maximum atomic E-state index is 13.6. The number of carbonyl (C=O) groups excluding carboxylic acids is 3. The lowest BCUT2D eigenvalue weighted by molar-refractivity contribution is -0.243. The number of ketones is 1. The second-order valence-electron chi connectivity index (χ2n) is 12.8. The van der Waals surface area contributed by atoms with Crippen molar-refractivity contribution < 1.29 is 87.1 Å². The van der Waals surface area contributed by atoms with E-state index in [0.29, 0.717) is 0 Å². The Hall–Kier alpha value is -7.16. The van der Waals surface area contributed by atoms with Gasteiger partial charge in [0.1, 0.15) is 12.6 Å². The largest absolute Gasteiger partial charge is 0.480 e. The number of Topliss-reactive ketones (excluding diaryl/α,β-unsaturated/α-hetero) is 1. The van der Waals surface area contributed by atoms with Crippen molar-refractivity contribution in [3.63, 3.8) is 0 Å². The fraction of sp³-hybridized carbons (Fsp3) is 0.190. The number of benzene rings is 5. The summed E-state index contributed by atoms with van der Waals surface area (Å²) in [7, 11) is 0. The van der Waals surface area contributed by atoms with Crippen molar-refractivity contribution >= 4 is 23.8 Å². The first kappa shape index (κ1) is 48.5. The fourth-order valence-electron chi connectivity index (χ4n) is 4.99. The average Bonchev–Trinajstić information content (AvgIpc) is 3.26. The van der Waals surface area contributed by atoms with Gasteiger partial charge in [0.05, 0.1) is 13.2 Å². The number of alkyl halides is 4. The van der Waals surface area contributed by atoms with Crippen LogP contribution in [0.5, 0.6) is 11.5 Å². The van der Waals surface area contributed by atoms with E-state index >= 15 is 0 Å². The van der Waals surface area contributed by atoms with Crippen LogP contribution in [0.4, 0.5) is 48.7 Å². The van der Waals surface area contributed by atoms with Crippen LogP contribution >= 0.6 is 0 Å². The van der Waals surface area contributed by atoms with Crippen molar-refractivity contribution in [1.29, 1.82) is 0 Å². The molecule has 0 saturated carbocycles. The summed E-state index contributed by atoms with van der Waals surface area (Å²) in [5.41, 5.74) is 2.48. The fourth-order valence-corrected chi connectivity index (χ4v) is 4.99. The summed E-state index contributed by atoms with van der Waals surface area (Å²) in [6.07, 6.45) is -11.8. The second kappa shape index (κ2) is 22.1. The maximum absolute atomic E-state index is 13.6. The highest BCUT2D eigenvalue weighted by Crippen LogP contribution is 2.35. The van der Waals surface area contributed by atoms with Gasteiger partial charge in [-0.1, -0.05) is 91.0 Å². The van der Waals surface area contributed by atoms with Gasteiger partial charge in [0.25, 0.3) is 0 Å². The Morgan fingerprint density at radius 2 is 0.968 bits per heavy atom. The number of nitrogens with one attached hydrogen (secondary N) is 2. The van der Waals surface area contributed by atoms with Gasteiger partial charge in [0.2, 0.25) is 17.5 Å². The van der Waals surface area contributed by atoms with E-state index in [1.54, 1.807) is 0 Å². The van der Waals surface area contributed by atoms with Crippen molar-refractivity contribution in [2.24, 2.45) is 0 Å². The van der Waals surface area contributed by atoms with Gasteiger partial charge in [-0.2, -0.15) is 26.3 Å². The van der Waals surface area contributed by atoms with Crippen LogP contribution in [0.15, 0.2) is 115 Å². The van der Waals surface area contributed by atoms with Crippen molar-refractivity contribution in [3.8, 4) is 11.5 Å². The summed E-state index contributed by atoms with van der Waals surface area (Å²) in [6.45, 7) is 0.0158. The molecule has 0 heterocycles. The van der Waals surface area contributed by atoms with Crippen molar-refractivity contribution in [2.75, 3.05) is 6.61 Å². The van der Waals surface area contributed by atoms with Crippen molar-refractivity contribution in [1.82, 2.24) is 10.6 Å². The molecule has 0 radical (unpaired) electrons. The van der Waals surface area contributed by atoms with Crippen LogP contribution in [-0.4, -0.2) is 59.8 Å². The minimum Gasteiger partial charge on any atom is -0.480 e. The topological polar surface area (TPSA) is 149 Å². The summed E-state index contributed by atoms with van der Waals surface area (Å²) in [4.78, 5) is 48.4. The molecule has 0 saturated heterocycles. The highest BCUT2D eigenvalue weighted by molar-refractivity contribution is 5.90. The molecule has 334 valence electrons. The average molecular weight is 899 g/mol. The number of rotatable bonds is 18. The first-order chi connectivity index (χ1) is 29.8. The number of carboxylic acids is 1. The van der Waals surface area contributed by atoms with Crippen LogP contribution in [0.3, 0.4) is 0 Å². The Morgan fingerprint density at radius 1 is 0.540 bits per heavy atom. The zero-order valence-corrected chi connectivity index (χ0v) is 31.9. The first-order valence-corrected chi connectivity index (χ1v) is 17.9. The summed E-state index contributed by atoms with van der Waals surface area (Å²) in [6, 6.07) is 25.5. The predicted molar refractivity (Wildman–Crippen MR) is 198 cm³/mol. The van der Waals surface area contributed by atoms with Gasteiger partial charge >= 0.3 is 30.1 Å². The number of hydrogen-bond donors (Lipinski definition) is 3. The van der Waals surface area contributed by atoms with Crippen LogP contribution in [-0.2, 0) is 43.5 Å². The van der Waals surface area contributed by atoms with Gasteiger partial charge in [-0.15, -0.1) is 0 Å². The molecule has 0 spiro atoms. The summed E-state index contributed by atoms with van der Waals surface area (Å²) in [5.74, 6) is -22.0.